The maximum atomic E-state index is 14.1. The van der Waals surface area contributed by atoms with E-state index in [4.69, 9.17) is 4.74 Å². The molecule has 0 bridgehead atoms. The molecule has 0 aliphatic heterocycles. The molecule has 216 valence electrons. The molecule has 0 heterocycles. The van der Waals surface area contributed by atoms with E-state index < -0.39 is 35.6 Å². The van der Waals surface area contributed by atoms with Gasteiger partial charge >= 0.3 is 6.09 Å². The smallest absolute Gasteiger partial charge is 0.408 e. The summed E-state index contributed by atoms with van der Waals surface area (Å²) >= 11 is 0. The van der Waals surface area contributed by atoms with Crippen molar-refractivity contribution in [3.8, 4) is 0 Å². The highest BCUT2D eigenvalue weighted by molar-refractivity contribution is 6.00. The van der Waals surface area contributed by atoms with E-state index >= 15 is 0 Å². The Hall–Kier alpha value is -4.91. The molecular weight excluding hydrogens is 526 g/mol. The van der Waals surface area contributed by atoms with Gasteiger partial charge in [-0.3, -0.25) is 9.59 Å². The molecule has 7 heteroatoms. The molecule has 7 nitrogen and oxygen atoms in total. The Morgan fingerprint density at radius 3 is 2.26 bits per heavy atom. The van der Waals surface area contributed by atoms with Gasteiger partial charge in [-0.25, -0.2) is 4.79 Å². The van der Waals surface area contributed by atoms with Gasteiger partial charge in [-0.2, -0.15) is 0 Å². The zero-order valence-corrected chi connectivity index (χ0v) is 24.5. The Morgan fingerprint density at radius 2 is 1.57 bits per heavy atom. The van der Waals surface area contributed by atoms with E-state index in [9.17, 15) is 14.4 Å². The lowest BCUT2D eigenvalue weighted by Crippen LogP contribution is -2.52. The summed E-state index contributed by atoms with van der Waals surface area (Å²) in [7, 11) is 1.57. The molecule has 0 radical (unpaired) electrons. The SMILES string of the molecule is C=Cc1cccc(C(C(=O)Nc2ccc3ccccc3c2)N(C)C(=O)C(Cc2ccccc2)NC(=O)OC(C)(C)C)c1. The van der Waals surface area contributed by atoms with Crippen LogP contribution in [-0.4, -0.2) is 41.5 Å². The number of ether oxygens (including phenoxy) is 1. The Morgan fingerprint density at radius 1 is 0.881 bits per heavy atom. The average Bonchev–Trinajstić information content (AvgIpc) is 2.96. The molecule has 0 aliphatic rings. The van der Waals surface area contributed by atoms with Crippen molar-refractivity contribution in [2.45, 2.75) is 44.9 Å². The minimum Gasteiger partial charge on any atom is -0.444 e. The second-order valence-corrected chi connectivity index (χ2v) is 11.2. The van der Waals surface area contributed by atoms with E-state index in [1.165, 1.54) is 4.90 Å². The first-order valence-corrected chi connectivity index (χ1v) is 13.9. The molecule has 3 amide bonds. The van der Waals surface area contributed by atoms with E-state index in [0.717, 1.165) is 21.9 Å². The van der Waals surface area contributed by atoms with Gasteiger partial charge in [0.25, 0.3) is 5.91 Å². The quantitative estimate of drug-likeness (QED) is 0.236. The third kappa shape index (κ3) is 7.85. The number of benzene rings is 4. The maximum absolute atomic E-state index is 14.1. The van der Waals surface area contributed by atoms with Crippen molar-refractivity contribution in [3.05, 3.63) is 120 Å². The van der Waals surface area contributed by atoms with Crippen LogP contribution >= 0.6 is 0 Å². The number of nitrogens with zero attached hydrogens (tertiary/aromatic N) is 1. The Labute approximate surface area is 247 Å². The van der Waals surface area contributed by atoms with Crippen LogP contribution in [0.2, 0.25) is 0 Å². The maximum Gasteiger partial charge on any atom is 0.408 e. The van der Waals surface area contributed by atoms with Crippen molar-refractivity contribution >= 4 is 40.4 Å². The standard InChI is InChI=1S/C35H37N3O4/c1-6-24-15-12-18-28(21-24)31(32(39)36-29-20-19-26-16-10-11-17-27(26)23-29)38(5)33(40)30(22-25-13-8-7-9-14-25)37-34(41)42-35(2,3)4/h6-21,23,30-31H,1,22H2,2-5H3,(H,36,39)(H,37,41). The van der Waals surface area contributed by atoms with Crippen LogP contribution in [0.3, 0.4) is 0 Å². The second-order valence-electron chi connectivity index (χ2n) is 11.2. The number of carbonyl (C=O) groups is 3. The molecule has 4 aromatic rings. The molecule has 0 aromatic heterocycles. The Bertz CT molecular complexity index is 1580. The van der Waals surface area contributed by atoms with Crippen molar-refractivity contribution in [1.82, 2.24) is 10.2 Å². The van der Waals surface area contributed by atoms with Crippen LogP contribution in [0.5, 0.6) is 0 Å². The first kappa shape index (κ1) is 30.1. The fourth-order valence-electron chi connectivity index (χ4n) is 4.76. The predicted octanol–water partition coefficient (Wildman–Crippen LogP) is 6.76. The molecule has 0 saturated carbocycles. The zero-order valence-electron chi connectivity index (χ0n) is 24.5. The first-order valence-electron chi connectivity index (χ1n) is 13.9. The molecule has 0 spiro atoms. The number of anilines is 1. The van der Waals surface area contributed by atoms with Gasteiger partial charge in [-0.1, -0.05) is 91.5 Å². The fraction of sp³-hybridized carbons (Fsp3) is 0.229. The zero-order chi connectivity index (χ0) is 30.3. The number of carbonyl (C=O) groups excluding carboxylic acids is 3. The van der Waals surface area contributed by atoms with E-state index in [1.807, 2.05) is 91.0 Å². The van der Waals surface area contributed by atoms with E-state index in [1.54, 1.807) is 40.0 Å². The minimum atomic E-state index is -0.998. The van der Waals surface area contributed by atoms with Crippen LogP contribution in [-0.2, 0) is 20.7 Å². The molecule has 2 N–H and O–H groups in total. The van der Waals surface area contributed by atoms with Crippen molar-refractivity contribution in [3.63, 3.8) is 0 Å². The summed E-state index contributed by atoms with van der Waals surface area (Å²) in [6.45, 7) is 9.12. The van der Waals surface area contributed by atoms with Gasteiger partial charge in [0.1, 0.15) is 17.7 Å². The summed E-state index contributed by atoms with van der Waals surface area (Å²) in [5.41, 5.74) is 2.13. The van der Waals surface area contributed by atoms with Crippen molar-refractivity contribution < 1.29 is 19.1 Å². The van der Waals surface area contributed by atoms with E-state index in [-0.39, 0.29) is 6.42 Å². The van der Waals surface area contributed by atoms with Crippen LogP contribution in [0.1, 0.15) is 43.5 Å². The monoisotopic (exact) mass is 563 g/mol. The van der Waals surface area contributed by atoms with Gasteiger partial charge in [0, 0.05) is 19.2 Å². The second kappa shape index (κ2) is 13.2. The molecule has 2 unspecified atom stereocenters. The van der Waals surface area contributed by atoms with Gasteiger partial charge in [-0.05, 0) is 66.4 Å². The summed E-state index contributed by atoms with van der Waals surface area (Å²) in [6, 6.07) is 28.3. The molecule has 4 rings (SSSR count). The lowest BCUT2D eigenvalue weighted by atomic mass is 9.99. The molecule has 0 aliphatic carbocycles. The minimum absolute atomic E-state index is 0.217. The van der Waals surface area contributed by atoms with Gasteiger partial charge in [0.2, 0.25) is 5.91 Å². The number of likely N-dealkylation sites (N-methyl/N-ethyl adjacent to an activating group) is 1. The number of hydrogen-bond acceptors (Lipinski definition) is 4. The highest BCUT2D eigenvalue weighted by Gasteiger charge is 2.34. The summed E-state index contributed by atoms with van der Waals surface area (Å²) < 4.78 is 5.46. The summed E-state index contributed by atoms with van der Waals surface area (Å²) in [5, 5.41) is 7.77. The highest BCUT2D eigenvalue weighted by atomic mass is 16.6. The molecule has 0 fully saturated rings. The summed E-state index contributed by atoms with van der Waals surface area (Å²) in [6.07, 6.45) is 1.19. The first-order chi connectivity index (χ1) is 20.0. The van der Waals surface area contributed by atoms with Crippen molar-refractivity contribution in [2.75, 3.05) is 12.4 Å². The van der Waals surface area contributed by atoms with E-state index in [2.05, 4.69) is 17.2 Å². The van der Waals surface area contributed by atoms with Gasteiger partial charge in [0.15, 0.2) is 0 Å². The third-order valence-electron chi connectivity index (χ3n) is 6.73. The van der Waals surface area contributed by atoms with Crippen LogP contribution in [0.4, 0.5) is 10.5 Å². The molecular formula is C35H37N3O4. The van der Waals surface area contributed by atoms with Gasteiger partial charge in [-0.15, -0.1) is 0 Å². The normalized spacial score (nSPS) is 12.6. The summed E-state index contributed by atoms with van der Waals surface area (Å²) in [4.78, 5) is 42.2. The molecule has 42 heavy (non-hydrogen) atoms. The summed E-state index contributed by atoms with van der Waals surface area (Å²) in [5.74, 6) is -0.828. The number of amides is 3. The third-order valence-corrected chi connectivity index (χ3v) is 6.73. The molecule has 4 aromatic carbocycles. The molecule has 2 atom stereocenters. The predicted molar refractivity (Wildman–Crippen MR) is 168 cm³/mol. The number of rotatable bonds is 9. The van der Waals surface area contributed by atoms with Crippen molar-refractivity contribution in [1.29, 1.82) is 0 Å². The fourth-order valence-corrected chi connectivity index (χ4v) is 4.76. The highest BCUT2D eigenvalue weighted by Crippen LogP contribution is 2.26. The van der Waals surface area contributed by atoms with Crippen LogP contribution in [0, 0.1) is 0 Å². The Balaban J connectivity index is 1.67. The van der Waals surface area contributed by atoms with Crippen LogP contribution in [0.25, 0.3) is 16.8 Å². The van der Waals surface area contributed by atoms with Gasteiger partial charge in [0.05, 0.1) is 0 Å². The van der Waals surface area contributed by atoms with Crippen LogP contribution in [0.15, 0.2) is 104 Å². The van der Waals surface area contributed by atoms with Crippen molar-refractivity contribution in [2.24, 2.45) is 0 Å². The largest absolute Gasteiger partial charge is 0.444 e. The lowest BCUT2D eigenvalue weighted by molar-refractivity contribution is -0.139. The average molecular weight is 564 g/mol. The number of alkyl carbamates (subject to hydrolysis) is 1. The molecule has 0 saturated heterocycles. The van der Waals surface area contributed by atoms with Crippen LogP contribution < -0.4 is 10.6 Å². The number of hydrogen-bond donors (Lipinski definition) is 2. The van der Waals surface area contributed by atoms with Gasteiger partial charge < -0.3 is 20.3 Å². The Kier molecular flexibility index (Phi) is 9.42. The number of nitrogens with one attached hydrogen (secondary N) is 2. The topological polar surface area (TPSA) is 87.7 Å². The van der Waals surface area contributed by atoms with E-state index in [0.29, 0.717) is 11.3 Å². The lowest BCUT2D eigenvalue weighted by Gasteiger charge is -2.32. The number of fused-ring (bicyclic) bond motifs is 1.